The summed E-state index contributed by atoms with van der Waals surface area (Å²) in [6, 6.07) is 5.67. The summed E-state index contributed by atoms with van der Waals surface area (Å²) in [5, 5.41) is 2.87. The molecule has 0 spiro atoms. The molecule has 0 bridgehead atoms. The van der Waals surface area contributed by atoms with Gasteiger partial charge in [0.2, 0.25) is 6.29 Å². The molecule has 0 fully saturated rings. The van der Waals surface area contributed by atoms with Crippen molar-refractivity contribution in [3.63, 3.8) is 0 Å². The van der Waals surface area contributed by atoms with E-state index in [1.165, 1.54) is 0 Å². The van der Waals surface area contributed by atoms with Crippen molar-refractivity contribution >= 4 is 6.29 Å². The molecular formula is C8H9N2O. The van der Waals surface area contributed by atoms with Crippen LogP contribution in [-0.4, -0.2) is 17.8 Å². The second kappa shape index (κ2) is 4.57. The standard InChI is InChI=1S/C8H9N2O/c11-6-5-9-7-8-3-1-2-4-10-8/h1-4,9H,5,7H2. The molecular weight excluding hydrogens is 140 g/mol. The van der Waals surface area contributed by atoms with Gasteiger partial charge in [0, 0.05) is 12.7 Å². The number of aromatic nitrogens is 1. The van der Waals surface area contributed by atoms with Crippen LogP contribution in [0.5, 0.6) is 0 Å². The average molecular weight is 149 g/mol. The Kier molecular flexibility index (Phi) is 3.28. The highest BCUT2D eigenvalue weighted by Gasteiger charge is 1.89. The lowest BCUT2D eigenvalue weighted by molar-refractivity contribution is 0.548. The number of hydrogen-bond donors (Lipinski definition) is 1. The molecule has 0 amide bonds. The number of hydrogen-bond acceptors (Lipinski definition) is 3. The zero-order chi connectivity index (χ0) is 7.94. The Hall–Kier alpha value is -1.22. The number of pyridine rings is 1. The van der Waals surface area contributed by atoms with Crippen LogP contribution in [0.3, 0.4) is 0 Å². The highest BCUT2D eigenvalue weighted by Crippen LogP contribution is 1.90. The average Bonchev–Trinajstić information content (AvgIpc) is 2.07. The van der Waals surface area contributed by atoms with Crippen LogP contribution < -0.4 is 5.32 Å². The molecule has 0 aliphatic carbocycles. The maximum atomic E-state index is 9.79. The Bertz CT molecular complexity index is 211. The third-order valence-electron chi connectivity index (χ3n) is 1.23. The first-order chi connectivity index (χ1) is 5.43. The van der Waals surface area contributed by atoms with Crippen molar-refractivity contribution in [3.8, 4) is 0 Å². The first-order valence-corrected chi connectivity index (χ1v) is 3.39. The molecule has 57 valence electrons. The lowest BCUT2D eigenvalue weighted by Crippen LogP contribution is -2.15. The zero-order valence-corrected chi connectivity index (χ0v) is 6.08. The van der Waals surface area contributed by atoms with Crippen molar-refractivity contribution in [2.24, 2.45) is 0 Å². The van der Waals surface area contributed by atoms with Gasteiger partial charge in [0.25, 0.3) is 0 Å². The summed E-state index contributed by atoms with van der Waals surface area (Å²) in [4.78, 5) is 13.8. The van der Waals surface area contributed by atoms with Crippen molar-refractivity contribution in [2.75, 3.05) is 6.54 Å². The maximum absolute atomic E-state index is 9.79. The molecule has 3 heteroatoms. The predicted molar refractivity (Wildman–Crippen MR) is 41.6 cm³/mol. The monoisotopic (exact) mass is 149 g/mol. The summed E-state index contributed by atoms with van der Waals surface area (Å²) in [5.41, 5.74) is 0.933. The molecule has 3 nitrogen and oxygen atoms in total. The van der Waals surface area contributed by atoms with Crippen molar-refractivity contribution in [1.29, 1.82) is 0 Å². The van der Waals surface area contributed by atoms with Gasteiger partial charge in [0.05, 0.1) is 12.2 Å². The molecule has 11 heavy (non-hydrogen) atoms. The topological polar surface area (TPSA) is 42.0 Å². The fourth-order valence-electron chi connectivity index (χ4n) is 0.744. The Morgan fingerprint density at radius 1 is 1.55 bits per heavy atom. The summed E-state index contributed by atoms with van der Waals surface area (Å²) in [6.45, 7) is 0.882. The molecule has 0 atom stereocenters. The highest BCUT2D eigenvalue weighted by atomic mass is 16.1. The van der Waals surface area contributed by atoms with Gasteiger partial charge >= 0.3 is 0 Å². The van der Waals surface area contributed by atoms with E-state index in [-0.39, 0.29) is 6.54 Å². The van der Waals surface area contributed by atoms with Gasteiger partial charge in [-0.1, -0.05) is 6.07 Å². The number of rotatable bonds is 4. The molecule has 0 saturated carbocycles. The van der Waals surface area contributed by atoms with Crippen molar-refractivity contribution in [2.45, 2.75) is 6.54 Å². The van der Waals surface area contributed by atoms with Crippen LogP contribution in [-0.2, 0) is 11.3 Å². The van der Waals surface area contributed by atoms with Crippen LogP contribution in [0, 0.1) is 0 Å². The molecule has 0 saturated heterocycles. The number of nitrogens with zero attached hydrogens (tertiary/aromatic N) is 1. The minimum absolute atomic E-state index is 0.260. The lowest BCUT2D eigenvalue weighted by atomic mass is 10.3. The second-order valence-electron chi connectivity index (χ2n) is 2.07. The van der Waals surface area contributed by atoms with Gasteiger partial charge in [0.1, 0.15) is 0 Å². The van der Waals surface area contributed by atoms with Gasteiger partial charge in [-0.25, -0.2) is 0 Å². The first-order valence-electron chi connectivity index (χ1n) is 3.39. The number of nitrogens with one attached hydrogen (secondary N) is 1. The zero-order valence-electron chi connectivity index (χ0n) is 6.08. The highest BCUT2D eigenvalue weighted by molar-refractivity contribution is 5.52. The third kappa shape index (κ3) is 2.91. The first kappa shape index (κ1) is 7.88. The van der Waals surface area contributed by atoms with Crippen LogP contribution in [0.25, 0.3) is 0 Å². The van der Waals surface area contributed by atoms with Gasteiger partial charge in [-0.2, -0.15) is 0 Å². The summed E-state index contributed by atoms with van der Waals surface area (Å²) >= 11 is 0. The van der Waals surface area contributed by atoms with E-state index in [1.807, 2.05) is 18.2 Å². The normalized spacial score (nSPS) is 9.45. The van der Waals surface area contributed by atoms with Gasteiger partial charge < -0.3 is 5.32 Å². The molecule has 1 N–H and O–H groups in total. The lowest BCUT2D eigenvalue weighted by Gasteiger charge is -1.97. The quantitative estimate of drug-likeness (QED) is 0.625. The van der Waals surface area contributed by atoms with E-state index in [4.69, 9.17) is 0 Å². The summed E-state index contributed by atoms with van der Waals surface area (Å²) in [7, 11) is 0. The second-order valence-corrected chi connectivity index (χ2v) is 2.07. The Balaban J connectivity index is 2.33. The van der Waals surface area contributed by atoms with Crippen LogP contribution in [0.4, 0.5) is 0 Å². The van der Waals surface area contributed by atoms with Crippen LogP contribution in [0.15, 0.2) is 24.4 Å². The smallest absolute Gasteiger partial charge is 0.213 e. The van der Waals surface area contributed by atoms with Gasteiger partial charge in [-0.3, -0.25) is 9.78 Å². The number of carbonyl (C=O) groups excluding carboxylic acids is 1. The predicted octanol–water partition coefficient (Wildman–Crippen LogP) is 0.281. The van der Waals surface area contributed by atoms with E-state index >= 15 is 0 Å². The Morgan fingerprint density at radius 2 is 2.45 bits per heavy atom. The van der Waals surface area contributed by atoms with Crippen molar-refractivity contribution < 1.29 is 4.79 Å². The fourth-order valence-corrected chi connectivity index (χ4v) is 0.744. The molecule has 1 heterocycles. The maximum Gasteiger partial charge on any atom is 0.213 e. The summed E-state index contributed by atoms with van der Waals surface area (Å²) in [5.74, 6) is 0. The van der Waals surface area contributed by atoms with Crippen molar-refractivity contribution in [1.82, 2.24) is 10.3 Å². The third-order valence-corrected chi connectivity index (χ3v) is 1.23. The van der Waals surface area contributed by atoms with Crippen LogP contribution >= 0.6 is 0 Å². The minimum Gasteiger partial charge on any atom is -0.304 e. The molecule has 1 aromatic heterocycles. The van der Waals surface area contributed by atoms with E-state index in [2.05, 4.69) is 10.3 Å². The Labute approximate surface area is 65.5 Å². The summed E-state index contributed by atoms with van der Waals surface area (Å²) < 4.78 is 0. The molecule has 1 aromatic rings. The van der Waals surface area contributed by atoms with Crippen LogP contribution in [0.1, 0.15) is 5.69 Å². The van der Waals surface area contributed by atoms with Gasteiger partial charge in [-0.15, -0.1) is 0 Å². The molecule has 0 aliphatic rings. The SMILES string of the molecule is O=[C]CNCc1ccccn1. The fraction of sp³-hybridized carbons (Fsp3) is 0.250. The van der Waals surface area contributed by atoms with Crippen molar-refractivity contribution in [3.05, 3.63) is 30.1 Å². The van der Waals surface area contributed by atoms with Gasteiger partial charge in [-0.05, 0) is 12.1 Å². The molecule has 0 unspecified atom stereocenters. The minimum atomic E-state index is 0.260. The molecule has 0 aromatic carbocycles. The van der Waals surface area contributed by atoms with E-state index in [0.717, 1.165) is 5.69 Å². The van der Waals surface area contributed by atoms with Crippen LogP contribution in [0.2, 0.25) is 0 Å². The molecule has 1 rings (SSSR count). The molecule has 1 radical (unpaired) electrons. The Morgan fingerprint density at radius 3 is 3.09 bits per heavy atom. The van der Waals surface area contributed by atoms with E-state index in [1.54, 1.807) is 12.5 Å². The van der Waals surface area contributed by atoms with E-state index < -0.39 is 0 Å². The largest absolute Gasteiger partial charge is 0.304 e. The molecule has 0 aliphatic heterocycles. The van der Waals surface area contributed by atoms with E-state index in [0.29, 0.717) is 6.54 Å². The van der Waals surface area contributed by atoms with E-state index in [9.17, 15) is 4.79 Å². The summed E-state index contributed by atoms with van der Waals surface area (Å²) in [6.07, 6.45) is 3.47. The van der Waals surface area contributed by atoms with Gasteiger partial charge in [0.15, 0.2) is 0 Å².